The van der Waals surface area contributed by atoms with Crippen molar-refractivity contribution in [1.29, 1.82) is 0 Å². The minimum absolute atomic E-state index is 0.142. The van der Waals surface area contributed by atoms with Crippen molar-refractivity contribution in [2.24, 2.45) is 7.05 Å². The third-order valence-corrected chi connectivity index (χ3v) is 6.42. The van der Waals surface area contributed by atoms with Crippen molar-refractivity contribution >= 4 is 39.1 Å². The van der Waals surface area contributed by atoms with Crippen LogP contribution in [0.15, 0.2) is 47.6 Å². The average Bonchev–Trinajstić information content (AvgIpc) is 3.06. The number of hydrogen-bond acceptors (Lipinski definition) is 6. The normalized spacial score (nSPS) is 11.4. The molecule has 1 N–H and O–H groups in total. The molecule has 0 aliphatic heterocycles. The van der Waals surface area contributed by atoms with E-state index in [0.717, 1.165) is 46.6 Å². The topological polar surface area (TPSA) is 97.2 Å². The van der Waals surface area contributed by atoms with E-state index in [1.165, 1.54) is 16.7 Å². The van der Waals surface area contributed by atoms with E-state index in [4.69, 9.17) is 0 Å². The van der Waals surface area contributed by atoms with Gasteiger partial charge in [0.25, 0.3) is 0 Å². The molecule has 0 atom stereocenters. The van der Waals surface area contributed by atoms with E-state index in [2.05, 4.69) is 15.5 Å². The first-order valence-corrected chi connectivity index (χ1v) is 11.9. The molecular formula is C19H18F3N5O3S2. The number of carbonyl (C=O) groups excluding carboxylic acids is 1. The van der Waals surface area contributed by atoms with Crippen molar-refractivity contribution in [3.63, 3.8) is 0 Å². The lowest BCUT2D eigenvalue weighted by Crippen LogP contribution is -2.30. The summed E-state index contributed by atoms with van der Waals surface area (Å²) in [6.07, 6.45) is 1.02. The maximum atomic E-state index is 13.7. The minimum atomic E-state index is -3.71. The Kier molecular flexibility index (Phi) is 7.09. The Balaban J connectivity index is 1.68. The van der Waals surface area contributed by atoms with Crippen LogP contribution in [0, 0.1) is 17.5 Å². The molecule has 1 aromatic heterocycles. The summed E-state index contributed by atoms with van der Waals surface area (Å²) in [5.74, 6) is -2.56. The van der Waals surface area contributed by atoms with E-state index in [-0.39, 0.29) is 29.5 Å². The molecule has 1 heterocycles. The van der Waals surface area contributed by atoms with E-state index >= 15 is 0 Å². The van der Waals surface area contributed by atoms with Crippen molar-refractivity contribution in [2.45, 2.75) is 11.7 Å². The van der Waals surface area contributed by atoms with Crippen LogP contribution in [0.1, 0.15) is 5.82 Å². The number of carbonyl (C=O) groups is 1. The second kappa shape index (κ2) is 9.61. The fourth-order valence-corrected chi connectivity index (χ4v) is 4.24. The highest BCUT2D eigenvalue weighted by Crippen LogP contribution is 2.23. The first-order chi connectivity index (χ1) is 15.0. The van der Waals surface area contributed by atoms with Crippen LogP contribution in [-0.2, 0) is 28.4 Å². The molecule has 3 aromatic rings. The Morgan fingerprint density at radius 3 is 2.38 bits per heavy atom. The van der Waals surface area contributed by atoms with E-state index in [1.54, 1.807) is 7.05 Å². The highest BCUT2D eigenvalue weighted by molar-refractivity contribution is 7.99. The SMILES string of the molecule is Cn1c(CN(c2ccc(F)cc2)S(C)(=O)=O)nnc1SCC(=O)Nc1ccc(F)cc1F. The van der Waals surface area contributed by atoms with Crippen LogP contribution >= 0.6 is 11.8 Å². The Bertz CT molecular complexity index is 1230. The molecule has 0 spiro atoms. The molecule has 0 aliphatic carbocycles. The van der Waals surface area contributed by atoms with Gasteiger partial charge in [0, 0.05) is 13.1 Å². The molecule has 1 amide bonds. The van der Waals surface area contributed by atoms with Crippen LogP contribution in [0.3, 0.4) is 0 Å². The fraction of sp³-hybridized carbons (Fsp3) is 0.211. The van der Waals surface area contributed by atoms with Gasteiger partial charge in [-0.1, -0.05) is 11.8 Å². The molecule has 3 rings (SSSR count). The zero-order chi connectivity index (χ0) is 23.5. The van der Waals surface area contributed by atoms with Crippen molar-refractivity contribution in [3.8, 4) is 0 Å². The van der Waals surface area contributed by atoms with Crippen LogP contribution in [0.25, 0.3) is 0 Å². The summed E-state index contributed by atoms with van der Waals surface area (Å²) in [7, 11) is -2.11. The van der Waals surface area contributed by atoms with Crippen molar-refractivity contribution in [2.75, 3.05) is 21.6 Å². The van der Waals surface area contributed by atoms with Crippen molar-refractivity contribution in [3.05, 3.63) is 65.7 Å². The standard InChI is InChI=1S/C19H18F3N5O3S2/c1-26-17(10-27(32(2,29)30)14-6-3-12(20)4-7-14)24-25-19(26)31-11-18(28)23-16-8-5-13(21)9-15(16)22/h3-9H,10-11H2,1-2H3,(H,23,28). The van der Waals surface area contributed by atoms with Gasteiger partial charge in [-0.05, 0) is 36.4 Å². The largest absolute Gasteiger partial charge is 0.323 e. The zero-order valence-corrected chi connectivity index (χ0v) is 18.6. The number of rotatable bonds is 8. The number of aromatic nitrogens is 3. The number of sulfonamides is 1. The number of benzene rings is 2. The van der Waals surface area contributed by atoms with Gasteiger partial charge in [0.2, 0.25) is 15.9 Å². The molecule has 8 nitrogen and oxygen atoms in total. The summed E-state index contributed by atoms with van der Waals surface area (Å²) in [6, 6.07) is 7.76. The summed E-state index contributed by atoms with van der Waals surface area (Å²) in [6.45, 7) is -0.165. The van der Waals surface area contributed by atoms with Crippen LogP contribution in [0.4, 0.5) is 24.5 Å². The van der Waals surface area contributed by atoms with Gasteiger partial charge < -0.3 is 9.88 Å². The molecule has 13 heteroatoms. The van der Waals surface area contributed by atoms with Crippen LogP contribution in [-0.4, -0.2) is 41.1 Å². The summed E-state index contributed by atoms with van der Waals surface area (Å²) < 4.78 is 66.9. The highest BCUT2D eigenvalue weighted by atomic mass is 32.2. The molecule has 32 heavy (non-hydrogen) atoms. The molecule has 0 saturated heterocycles. The number of nitrogens with zero attached hydrogens (tertiary/aromatic N) is 4. The molecule has 170 valence electrons. The van der Waals surface area contributed by atoms with Gasteiger partial charge in [0.15, 0.2) is 11.0 Å². The van der Waals surface area contributed by atoms with Crippen LogP contribution < -0.4 is 9.62 Å². The van der Waals surface area contributed by atoms with E-state index in [1.807, 2.05) is 0 Å². The number of hydrogen-bond donors (Lipinski definition) is 1. The zero-order valence-electron chi connectivity index (χ0n) is 16.9. The number of halogens is 3. The molecule has 0 fully saturated rings. The molecule has 2 aromatic carbocycles. The van der Waals surface area contributed by atoms with Gasteiger partial charge in [-0.25, -0.2) is 21.6 Å². The van der Waals surface area contributed by atoms with Gasteiger partial charge in [-0.2, -0.15) is 0 Å². The maximum Gasteiger partial charge on any atom is 0.234 e. The second-order valence-electron chi connectivity index (χ2n) is 6.66. The van der Waals surface area contributed by atoms with Gasteiger partial charge in [0.1, 0.15) is 17.5 Å². The molecular weight excluding hydrogens is 467 g/mol. The van der Waals surface area contributed by atoms with E-state index < -0.39 is 33.4 Å². The molecule has 0 bridgehead atoms. The predicted octanol–water partition coefficient (Wildman–Crippen LogP) is 2.93. The van der Waals surface area contributed by atoms with Crippen molar-refractivity contribution < 1.29 is 26.4 Å². The second-order valence-corrected chi connectivity index (χ2v) is 9.51. The lowest BCUT2D eigenvalue weighted by molar-refractivity contribution is -0.113. The maximum absolute atomic E-state index is 13.7. The summed E-state index contributed by atoms with van der Waals surface area (Å²) in [5, 5.41) is 10.6. The number of nitrogens with one attached hydrogen (secondary N) is 1. The van der Waals surface area contributed by atoms with Crippen LogP contribution in [0.2, 0.25) is 0 Å². The number of thioether (sulfide) groups is 1. The first kappa shape index (κ1) is 23.6. The van der Waals surface area contributed by atoms with Gasteiger partial charge in [0.05, 0.1) is 29.9 Å². The third-order valence-electron chi connectivity index (χ3n) is 4.26. The van der Waals surface area contributed by atoms with E-state index in [0.29, 0.717) is 11.2 Å². The number of anilines is 2. The third kappa shape index (κ3) is 5.79. The van der Waals surface area contributed by atoms with E-state index in [9.17, 15) is 26.4 Å². The lowest BCUT2D eigenvalue weighted by atomic mass is 10.3. The Morgan fingerprint density at radius 1 is 1.09 bits per heavy atom. The minimum Gasteiger partial charge on any atom is -0.323 e. The Hall–Kier alpha value is -3.06. The monoisotopic (exact) mass is 485 g/mol. The Labute approximate surface area is 186 Å². The first-order valence-electron chi connectivity index (χ1n) is 9.04. The average molecular weight is 486 g/mol. The van der Waals surface area contributed by atoms with Gasteiger partial charge in [-0.3, -0.25) is 9.10 Å². The molecule has 0 radical (unpaired) electrons. The molecule has 0 saturated carbocycles. The summed E-state index contributed by atoms with van der Waals surface area (Å²) in [5.41, 5.74) is 0.102. The summed E-state index contributed by atoms with van der Waals surface area (Å²) in [4.78, 5) is 12.1. The van der Waals surface area contributed by atoms with Crippen molar-refractivity contribution in [1.82, 2.24) is 14.8 Å². The summed E-state index contributed by atoms with van der Waals surface area (Å²) >= 11 is 1.000. The van der Waals surface area contributed by atoms with Crippen LogP contribution in [0.5, 0.6) is 0 Å². The van der Waals surface area contributed by atoms with Gasteiger partial charge >= 0.3 is 0 Å². The Morgan fingerprint density at radius 2 is 1.75 bits per heavy atom. The molecule has 0 aliphatic rings. The highest BCUT2D eigenvalue weighted by Gasteiger charge is 2.22. The smallest absolute Gasteiger partial charge is 0.234 e. The number of amides is 1. The predicted molar refractivity (Wildman–Crippen MR) is 114 cm³/mol. The molecule has 0 unspecified atom stereocenters. The fourth-order valence-electron chi connectivity index (χ4n) is 2.65. The quantitative estimate of drug-likeness (QED) is 0.493. The lowest BCUT2D eigenvalue weighted by Gasteiger charge is -2.21. The van der Waals surface area contributed by atoms with Gasteiger partial charge in [-0.15, -0.1) is 10.2 Å².